The molecular weight excluding hydrogens is 554 g/mol. The van der Waals surface area contributed by atoms with Crippen molar-refractivity contribution < 1.29 is 32.7 Å². The normalized spacial score (nSPS) is 17.6. The lowest BCUT2D eigenvalue weighted by Gasteiger charge is -2.29. The first kappa shape index (κ1) is 32.0. The highest BCUT2D eigenvalue weighted by molar-refractivity contribution is 7.81. The number of carbonyl (C=O) groups is 4. The van der Waals surface area contributed by atoms with Crippen LogP contribution in [-0.2, 0) is 36.8 Å². The summed E-state index contributed by atoms with van der Waals surface area (Å²) in [5.74, 6) is -3.09. The van der Waals surface area contributed by atoms with Crippen molar-refractivity contribution in [2.45, 2.75) is 62.4 Å². The largest absolute Gasteiger partial charge is 0.466 e. The lowest BCUT2D eigenvalue weighted by molar-refractivity contribution is -0.143. The molecule has 1 aliphatic heterocycles. The van der Waals surface area contributed by atoms with Crippen LogP contribution in [-0.4, -0.2) is 60.2 Å². The first-order chi connectivity index (χ1) is 19.5. The molecule has 0 spiro atoms. The Morgan fingerprint density at radius 2 is 1.59 bits per heavy atom. The van der Waals surface area contributed by atoms with E-state index in [1.54, 1.807) is 6.92 Å². The van der Waals surface area contributed by atoms with Crippen LogP contribution in [0.15, 0.2) is 48.5 Å². The van der Waals surface area contributed by atoms with Crippen molar-refractivity contribution in [1.82, 2.24) is 16.0 Å². The van der Waals surface area contributed by atoms with Gasteiger partial charge in [0.15, 0.2) is 0 Å². The van der Waals surface area contributed by atoms with Crippen LogP contribution in [0.4, 0.5) is 8.78 Å². The van der Waals surface area contributed by atoms with Crippen molar-refractivity contribution in [3.63, 3.8) is 0 Å². The minimum atomic E-state index is -1.12. The van der Waals surface area contributed by atoms with Crippen LogP contribution in [0.2, 0.25) is 0 Å². The highest BCUT2D eigenvalue weighted by atomic mass is 32.1. The Morgan fingerprint density at radius 3 is 2.12 bits per heavy atom. The molecule has 12 heteroatoms. The molecule has 0 bridgehead atoms. The molecule has 3 rings (SSSR count). The second kappa shape index (κ2) is 15.5. The van der Waals surface area contributed by atoms with Gasteiger partial charge in [0, 0.05) is 30.2 Å². The van der Waals surface area contributed by atoms with E-state index in [1.807, 2.05) is 0 Å². The highest BCUT2D eigenvalue weighted by Crippen LogP contribution is 2.22. The predicted octanol–water partition coefficient (Wildman–Crippen LogP) is 1.82. The topological polar surface area (TPSA) is 140 Å². The molecule has 1 saturated heterocycles. The molecule has 1 heterocycles. The summed E-state index contributed by atoms with van der Waals surface area (Å²) >= 11 is 4.56. The van der Waals surface area contributed by atoms with E-state index in [2.05, 4.69) is 28.6 Å². The van der Waals surface area contributed by atoms with Crippen molar-refractivity contribution in [1.29, 1.82) is 0 Å². The number of amides is 3. The molecule has 1 aliphatic rings. The van der Waals surface area contributed by atoms with Crippen LogP contribution < -0.4 is 21.7 Å². The summed E-state index contributed by atoms with van der Waals surface area (Å²) in [6.07, 6.45) is 0.820. The van der Waals surface area contributed by atoms with Gasteiger partial charge in [0.2, 0.25) is 17.7 Å². The van der Waals surface area contributed by atoms with Crippen LogP contribution in [0.1, 0.15) is 37.3 Å². The third-order valence-electron chi connectivity index (χ3n) is 6.87. The van der Waals surface area contributed by atoms with Crippen LogP contribution in [0.25, 0.3) is 0 Å². The van der Waals surface area contributed by atoms with E-state index >= 15 is 0 Å². The standard InChI is InChI=1S/C29H36F2N4O5S/c1-2-40-26(36)16-25(41)23(15-19-11-12-33-27(19)37)34-29(39)24(14-18-5-9-21(31)10-6-18)35-28(38)22(32)13-17-3-7-20(30)8-4-17/h3-10,19,22-25,41H,2,11-16,32H2,1H3,(H,33,37)(H,34,39)(H,35,38)/t19-,22+,23-,24-,25-/m0/s1. The van der Waals surface area contributed by atoms with Crippen LogP contribution in [0, 0.1) is 17.6 Å². The lowest BCUT2D eigenvalue weighted by Crippen LogP contribution is -2.56. The van der Waals surface area contributed by atoms with E-state index in [1.165, 1.54) is 48.5 Å². The zero-order valence-corrected chi connectivity index (χ0v) is 23.7. The number of nitrogens with one attached hydrogen (secondary N) is 3. The molecule has 0 aliphatic carbocycles. The van der Waals surface area contributed by atoms with Crippen molar-refractivity contribution in [3.8, 4) is 0 Å². The highest BCUT2D eigenvalue weighted by Gasteiger charge is 2.34. The first-order valence-corrected chi connectivity index (χ1v) is 14.0. The molecule has 0 aromatic heterocycles. The number of esters is 1. The number of thiol groups is 1. The summed E-state index contributed by atoms with van der Waals surface area (Å²) in [6, 6.07) is 8.21. The summed E-state index contributed by atoms with van der Waals surface area (Å²) < 4.78 is 31.8. The number of halogens is 2. The fourth-order valence-corrected chi connectivity index (χ4v) is 4.96. The Morgan fingerprint density at radius 1 is 1.00 bits per heavy atom. The average molecular weight is 591 g/mol. The number of hydrogen-bond acceptors (Lipinski definition) is 7. The van der Waals surface area contributed by atoms with E-state index in [9.17, 15) is 28.0 Å². The number of ether oxygens (including phenoxy) is 1. The van der Waals surface area contributed by atoms with Crippen LogP contribution >= 0.6 is 12.6 Å². The molecule has 2 aromatic carbocycles. The molecular formula is C29H36F2N4O5S. The first-order valence-electron chi connectivity index (χ1n) is 13.5. The number of rotatable bonds is 14. The Hall–Kier alpha value is -3.51. The molecule has 2 aromatic rings. The van der Waals surface area contributed by atoms with Gasteiger partial charge in [-0.25, -0.2) is 8.78 Å². The summed E-state index contributed by atoms with van der Waals surface area (Å²) in [4.78, 5) is 51.1. The molecule has 1 fully saturated rings. The third-order valence-corrected chi connectivity index (χ3v) is 7.41. The van der Waals surface area contributed by atoms with Gasteiger partial charge in [-0.2, -0.15) is 12.6 Å². The second-order valence-corrected chi connectivity index (χ2v) is 10.7. The Bertz CT molecular complexity index is 1200. The number of hydrogen-bond donors (Lipinski definition) is 5. The Kier molecular flexibility index (Phi) is 12.1. The molecule has 5 atom stereocenters. The second-order valence-electron chi connectivity index (χ2n) is 10.0. The Balaban J connectivity index is 1.78. The van der Waals surface area contributed by atoms with E-state index in [4.69, 9.17) is 10.5 Å². The lowest BCUT2D eigenvalue weighted by atomic mass is 9.94. The van der Waals surface area contributed by atoms with E-state index < -0.39 is 52.8 Å². The molecule has 0 unspecified atom stereocenters. The molecule has 222 valence electrons. The van der Waals surface area contributed by atoms with Crippen molar-refractivity contribution >= 4 is 36.3 Å². The molecule has 0 saturated carbocycles. The Labute approximate surface area is 243 Å². The quantitative estimate of drug-likeness (QED) is 0.168. The van der Waals surface area contributed by atoms with Gasteiger partial charge in [-0.1, -0.05) is 24.3 Å². The van der Waals surface area contributed by atoms with Crippen LogP contribution in [0.5, 0.6) is 0 Å². The number of benzene rings is 2. The minimum absolute atomic E-state index is 0.0207. The maximum absolute atomic E-state index is 13.6. The summed E-state index contributed by atoms with van der Waals surface area (Å²) in [5.41, 5.74) is 7.33. The summed E-state index contributed by atoms with van der Waals surface area (Å²) in [7, 11) is 0. The average Bonchev–Trinajstić information content (AvgIpc) is 3.34. The third kappa shape index (κ3) is 10.1. The molecule has 3 amide bonds. The van der Waals surface area contributed by atoms with Gasteiger partial charge >= 0.3 is 5.97 Å². The van der Waals surface area contributed by atoms with Gasteiger partial charge in [-0.3, -0.25) is 19.2 Å². The smallest absolute Gasteiger partial charge is 0.306 e. The summed E-state index contributed by atoms with van der Waals surface area (Å²) in [5, 5.41) is 7.64. The van der Waals surface area contributed by atoms with E-state index in [0.717, 1.165) is 0 Å². The molecule has 41 heavy (non-hydrogen) atoms. The fourth-order valence-electron chi connectivity index (χ4n) is 4.62. The molecule has 0 radical (unpaired) electrons. The maximum atomic E-state index is 13.6. The zero-order valence-electron chi connectivity index (χ0n) is 22.8. The number of nitrogens with two attached hydrogens (primary N) is 1. The van der Waals surface area contributed by atoms with Crippen molar-refractivity contribution in [2.24, 2.45) is 11.7 Å². The monoisotopic (exact) mass is 590 g/mol. The molecule has 9 nitrogen and oxygen atoms in total. The van der Waals surface area contributed by atoms with Gasteiger partial charge < -0.3 is 26.4 Å². The van der Waals surface area contributed by atoms with Gasteiger partial charge in [0.25, 0.3) is 0 Å². The number of carbonyl (C=O) groups excluding carboxylic acids is 4. The zero-order chi connectivity index (χ0) is 29.9. The van der Waals surface area contributed by atoms with Gasteiger partial charge in [-0.15, -0.1) is 0 Å². The van der Waals surface area contributed by atoms with Crippen molar-refractivity contribution in [3.05, 3.63) is 71.3 Å². The van der Waals surface area contributed by atoms with Gasteiger partial charge in [0.1, 0.15) is 17.7 Å². The summed E-state index contributed by atoms with van der Waals surface area (Å²) in [6.45, 7) is 2.37. The SMILES string of the molecule is CCOC(=O)C[C@H](S)[C@H](C[C@@H]1CCNC1=O)NC(=O)[C@H](Cc1ccc(F)cc1)NC(=O)[C@H](N)Cc1ccc(F)cc1. The fraction of sp³-hybridized carbons (Fsp3) is 0.448. The minimum Gasteiger partial charge on any atom is -0.466 e. The van der Waals surface area contributed by atoms with Gasteiger partial charge in [-0.05, 0) is 61.6 Å². The van der Waals surface area contributed by atoms with E-state index in [-0.39, 0.29) is 44.1 Å². The van der Waals surface area contributed by atoms with Crippen LogP contribution in [0.3, 0.4) is 0 Å². The maximum Gasteiger partial charge on any atom is 0.306 e. The predicted molar refractivity (Wildman–Crippen MR) is 152 cm³/mol. The molecule has 5 N–H and O–H groups in total. The van der Waals surface area contributed by atoms with Gasteiger partial charge in [0.05, 0.1) is 19.1 Å². The van der Waals surface area contributed by atoms with E-state index in [0.29, 0.717) is 24.1 Å². The van der Waals surface area contributed by atoms with Crippen molar-refractivity contribution in [2.75, 3.05) is 13.2 Å².